The van der Waals surface area contributed by atoms with Crippen LogP contribution in [0.15, 0.2) is 62.6 Å². The quantitative estimate of drug-likeness (QED) is 0.403. The number of rotatable bonds is 6. The number of benzene rings is 2. The lowest BCUT2D eigenvalue weighted by molar-refractivity contribution is -0.137. The largest absolute Gasteiger partial charge is 0.478 e. The molecule has 2 aromatic carbocycles. The Bertz CT molecular complexity index is 1450. The van der Waals surface area contributed by atoms with Crippen LogP contribution in [-0.2, 0) is 16.2 Å². The SMILES string of the molecule is O=C(Nc1ccc(Br)cc1C(=O)O)c1csc(S(=O)(=O)N2CCN(c3cccc(C(F)(F)F)c3)CC2)c1. The van der Waals surface area contributed by atoms with Crippen molar-refractivity contribution in [1.29, 1.82) is 0 Å². The summed E-state index contributed by atoms with van der Waals surface area (Å²) < 4.78 is 67.1. The van der Waals surface area contributed by atoms with E-state index in [2.05, 4.69) is 21.2 Å². The molecule has 1 fully saturated rings. The number of halogens is 4. The third-order valence-corrected chi connectivity index (χ3v) is 9.48. The van der Waals surface area contributed by atoms with Gasteiger partial charge in [-0.2, -0.15) is 17.5 Å². The van der Waals surface area contributed by atoms with E-state index in [-0.39, 0.29) is 47.2 Å². The second kappa shape index (κ2) is 10.4. The van der Waals surface area contributed by atoms with Crippen molar-refractivity contribution < 1.29 is 36.3 Å². The van der Waals surface area contributed by atoms with E-state index < -0.39 is 33.6 Å². The second-order valence-corrected chi connectivity index (χ2v) is 12.0. The fraction of sp³-hybridized carbons (Fsp3) is 0.217. The molecule has 0 aliphatic carbocycles. The molecule has 14 heteroatoms. The number of aromatic carboxylic acids is 1. The Hall–Kier alpha value is -2.94. The maximum absolute atomic E-state index is 13.1. The first-order valence-corrected chi connectivity index (χ1v) is 13.8. The molecular weight excluding hydrogens is 599 g/mol. The number of carbonyl (C=O) groups excluding carboxylic acids is 1. The molecule has 1 amide bonds. The molecular formula is C23H19BrF3N3O5S2. The molecule has 1 aromatic heterocycles. The lowest BCUT2D eigenvalue weighted by Crippen LogP contribution is -2.48. The molecule has 1 saturated heterocycles. The summed E-state index contributed by atoms with van der Waals surface area (Å²) in [5, 5.41) is 13.2. The van der Waals surface area contributed by atoms with Crippen LogP contribution >= 0.6 is 27.3 Å². The van der Waals surface area contributed by atoms with E-state index in [9.17, 15) is 36.3 Å². The zero-order valence-corrected chi connectivity index (χ0v) is 22.0. The molecule has 2 heterocycles. The third-order valence-electron chi connectivity index (χ3n) is 5.67. The highest BCUT2D eigenvalue weighted by Gasteiger charge is 2.33. The molecule has 3 aromatic rings. The van der Waals surface area contributed by atoms with Gasteiger partial charge in [0.15, 0.2) is 0 Å². The molecule has 0 atom stereocenters. The van der Waals surface area contributed by atoms with Crippen molar-refractivity contribution in [3.63, 3.8) is 0 Å². The molecule has 0 radical (unpaired) electrons. The Morgan fingerprint density at radius 3 is 2.38 bits per heavy atom. The van der Waals surface area contributed by atoms with Crippen LogP contribution < -0.4 is 10.2 Å². The standard InChI is InChI=1S/C23H19BrF3N3O5S2/c24-16-4-5-19(18(12-16)22(32)33)28-21(31)14-10-20(36-13-14)37(34,35)30-8-6-29(7-9-30)17-3-1-2-15(11-17)23(25,26)27/h1-5,10-13H,6-9H2,(H,28,31)(H,32,33). The van der Waals surface area contributed by atoms with Gasteiger partial charge < -0.3 is 15.3 Å². The van der Waals surface area contributed by atoms with Crippen molar-refractivity contribution in [1.82, 2.24) is 4.31 Å². The van der Waals surface area contributed by atoms with Crippen LogP contribution in [0, 0.1) is 0 Å². The van der Waals surface area contributed by atoms with Crippen LogP contribution in [0.2, 0.25) is 0 Å². The monoisotopic (exact) mass is 617 g/mol. The number of hydrogen-bond donors (Lipinski definition) is 2. The number of alkyl halides is 3. The van der Waals surface area contributed by atoms with Gasteiger partial charge in [-0.05, 0) is 42.5 Å². The number of amides is 1. The average Bonchev–Trinajstić information content (AvgIpc) is 3.36. The van der Waals surface area contributed by atoms with Gasteiger partial charge in [0.1, 0.15) is 4.21 Å². The van der Waals surface area contributed by atoms with E-state index in [0.29, 0.717) is 10.2 Å². The summed E-state index contributed by atoms with van der Waals surface area (Å²) in [5.74, 6) is -1.91. The number of piperazine rings is 1. The highest BCUT2D eigenvalue weighted by molar-refractivity contribution is 9.10. The van der Waals surface area contributed by atoms with Crippen LogP contribution in [0.3, 0.4) is 0 Å². The average molecular weight is 618 g/mol. The van der Waals surface area contributed by atoms with Crippen LogP contribution in [0.4, 0.5) is 24.5 Å². The van der Waals surface area contributed by atoms with Gasteiger partial charge in [-0.1, -0.05) is 22.0 Å². The molecule has 2 N–H and O–H groups in total. The molecule has 4 rings (SSSR count). The van der Waals surface area contributed by atoms with Crippen LogP contribution in [-0.4, -0.2) is 55.9 Å². The number of hydrogen-bond acceptors (Lipinski definition) is 6. The van der Waals surface area contributed by atoms with Crippen LogP contribution in [0.1, 0.15) is 26.3 Å². The Kier molecular flexibility index (Phi) is 7.65. The molecule has 37 heavy (non-hydrogen) atoms. The van der Waals surface area contributed by atoms with Gasteiger partial charge in [0.2, 0.25) is 0 Å². The third kappa shape index (κ3) is 5.98. The molecule has 1 aliphatic rings. The molecule has 196 valence electrons. The summed E-state index contributed by atoms with van der Waals surface area (Å²) in [6.07, 6.45) is -4.48. The smallest absolute Gasteiger partial charge is 0.416 e. The van der Waals surface area contributed by atoms with Gasteiger partial charge in [-0.3, -0.25) is 4.79 Å². The van der Waals surface area contributed by atoms with Gasteiger partial charge in [0.25, 0.3) is 15.9 Å². The van der Waals surface area contributed by atoms with Crippen LogP contribution in [0.5, 0.6) is 0 Å². The van der Waals surface area contributed by atoms with Crippen molar-refractivity contribution in [3.8, 4) is 0 Å². The second-order valence-electron chi connectivity index (χ2n) is 8.04. The lowest BCUT2D eigenvalue weighted by Gasteiger charge is -2.35. The Morgan fingerprint density at radius 2 is 1.73 bits per heavy atom. The van der Waals surface area contributed by atoms with Gasteiger partial charge in [-0.25, -0.2) is 13.2 Å². The Balaban J connectivity index is 1.44. The molecule has 0 saturated carbocycles. The predicted octanol–water partition coefficient (Wildman–Crippen LogP) is 4.99. The number of nitrogens with one attached hydrogen (secondary N) is 1. The van der Waals surface area contributed by atoms with Crippen molar-refractivity contribution >= 4 is 60.5 Å². The number of carboxylic acids is 1. The summed E-state index contributed by atoms with van der Waals surface area (Å²) in [7, 11) is -3.95. The van der Waals surface area contributed by atoms with E-state index in [0.717, 1.165) is 23.5 Å². The topological polar surface area (TPSA) is 107 Å². The zero-order valence-electron chi connectivity index (χ0n) is 18.8. The number of carbonyl (C=O) groups is 2. The van der Waals surface area contributed by atoms with Crippen molar-refractivity contribution in [2.75, 3.05) is 36.4 Å². The fourth-order valence-electron chi connectivity index (χ4n) is 3.76. The van der Waals surface area contributed by atoms with Crippen molar-refractivity contribution in [2.24, 2.45) is 0 Å². The molecule has 0 unspecified atom stereocenters. The minimum atomic E-state index is -4.48. The van der Waals surface area contributed by atoms with Gasteiger partial charge >= 0.3 is 12.1 Å². The molecule has 0 spiro atoms. The van der Waals surface area contributed by atoms with Crippen molar-refractivity contribution in [2.45, 2.75) is 10.4 Å². The Morgan fingerprint density at radius 1 is 1.03 bits per heavy atom. The first kappa shape index (κ1) is 27.1. The van der Waals surface area contributed by atoms with Crippen molar-refractivity contribution in [3.05, 3.63) is 75.1 Å². The first-order chi connectivity index (χ1) is 17.4. The normalized spacial score (nSPS) is 15.0. The number of anilines is 2. The highest BCUT2D eigenvalue weighted by atomic mass is 79.9. The predicted molar refractivity (Wildman–Crippen MR) is 136 cm³/mol. The van der Waals surface area contributed by atoms with E-state index in [1.165, 1.54) is 34.0 Å². The fourth-order valence-corrected chi connectivity index (χ4v) is 6.86. The van der Waals surface area contributed by atoms with E-state index in [1.54, 1.807) is 17.0 Å². The molecule has 0 bridgehead atoms. The summed E-state index contributed by atoms with van der Waals surface area (Å²) in [5.41, 5.74) is -0.449. The lowest BCUT2D eigenvalue weighted by atomic mass is 10.1. The molecule has 1 aliphatic heterocycles. The van der Waals surface area contributed by atoms with Gasteiger partial charge in [-0.15, -0.1) is 11.3 Å². The Labute approximate surface area is 222 Å². The summed E-state index contributed by atoms with van der Waals surface area (Å²) in [6, 6.07) is 10.4. The number of nitrogens with zero attached hydrogens (tertiary/aromatic N) is 2. The first-order valence-electron chi connectivity index (χ1n) is 10.7. The van der Waals surface area contributed by atoms with Gasteiger partial charge in [0, 0.05) is 41.7 Å². The maximum Gasteiger partial charge on any atom is 0.416 e. The van der Waals surface area contributed by atoms with Gasteiger partial charge in [0.05, 0.1) is 22.4 Å². The number of sulfonamides is 1. The van der Waals surface area contributed by atoms with E-state index in [4.69, 9.17) is 0 Å². The maximum atomic E-state index is 13.1. The zero-order chi connectivity index (χ0) is 27.0. The van der Waals surface area contributed by atoms with E-state index in [1.807, 2.05) is 0 Å². The minimum absolute atomic E-state index is 0.0467. The number of carboxylic acid groups (broad SMARTS) is 1. The molecule has 8 nitrogen and oxygen atoms in total. The minimum Gasteiger partial charge on any atom is -0.478 e. The summed E-state index contributed by atoms with van der Waals surface area (Å²) in [6.45, 7) is 0.499. The van der Waals surface area contributed by atoms with E-state index >= 15 is 0 Å². The highest BCUT2D eigenvalue weighted by Crippen LogP contribution is 2.32. The summed E-state index contributed by atoms with van der Waals surface area (Å²) in [4.78, 5) is 25.8. The number of thiophene rings is 1. The summed E-state index contributed by atoms with van der Waals surface area (Å²) >= 11 is 4.02. The van der Waals surface area contributed by atoms with Crippen LogP contribution in [0.25, 0.3) is 0 Å².